The van der Waals surface area contributed by atoms with E-state index < -0.39 is 17.6 Å². The molecule has 1 aliphatic heterocycles. The quantitative estimate of drug-likeness (QED) is 0.720. The number of pyridine rings is 1. The smallest absolute Gasteiger partial charge is 0.259 e. The second-order valence-corrected chi connectivity index (χ2v) is 7.22. The zero-order valence-corrected chi connectivity index (χ0v) is 16.0. The molecule has 0 spiro atoms. The van der Waals surface area contributed by atoms with Crippen molar-refractivity contribution >= 4 is 34.7 Å². The Morgan fingerprint density at radius 1 is 1.29 bits per heavy atom. The molecule has 0 atom stereocenters. The molecule has 2 heterocycles. The monoisotopic (exact) mass is 412 g/mol. The lowest BCUT2D eigenvalue weighted by Gasteiger charge is -2.24. The van der Waals surface area contributed by atoms with Crippen LogP contribution in [0.2, 0.25) is 5.02 Å². The maximum absolute atomic E-state index is 13.7. The van der Waals surface area contributed by atoms with Crippen LogP contribution in [0.4, 0.5) is 30.4 Å². The SMILES string of the molecule is Cc1nc(N2CCCC(F)(F)CC2)c(C(=O)Nc2ccc(F)c(N)c2)cc1Cl. The van der Waals surface area contributed by atoms with E-state index in [1.807, 2.05) is 0 Å². The first-order chi connectivity index (χ1) is 13.2. The van der Waals surface area contributed by atoms with E-state index in [1.165, 1.54) is 18.2 Å². The van der Waals surface area contributed by atoms with Gasteiger partial charge in [0.15, 0.2) is 0 Å². The van der Waals surface area contributed by atoms with Gasteiger partial charge in [-0.2, -0.15) is 0 Å². The van der Waals surface area contributed by atoms with Gasteiger partial charge in [-0.3, -0.25) is 4.79 Å². The summed E-state index contributed by atoms with van der Waals surface area (Å²) in [5.74, 6) is -3.56. The van der Waals surface area contributed by atoms with Crippen molar-refractivity contribution in [1.82, 2.24) is 4.98 Å². The summed E-state index contributed by atoms with van der Waals surface area (Å²) in [5, 5.41) is 2.91. The maximum atomic E-state index is 13.7. The Morgan fingerprint density at radius 2 is 2.04 bits per heavy atom. The number of alkyl halides is 2. The first kappa shape index (κ1) is 20.3. The van der Waals surface area contributed by atoms with Gasteiger partial charge in [-0.15, -0.1) is 0 Å². The predicted octanol–water partition coefficient (Wildman–Crippen LogP) is 4.64. The summed E-state index contributed by atoms with van der Waals surface area (Å²) in [6.45, 7) is 2.11. The van der Waals surface area contributed by atoms with Crippen LogP contribution in [0.3, 0.4) is 0 Å². The number of hydrogen-bond donors (Lipinski definition) is 2. The summed E-state index contributed by atoms with van der Waals surface area (Å²) in [5.41, 5.74) is 6.38. The number of aromatic nitrogens is 1. The van der Waals surface area contributed by atoms with Crippen molar-refractivity contribution in [2.24, 2.45) is 0 Å². The molecule has 3 N–H and O–H groups in total. The fourth-order valence-electron chi connectivity index (χ4n) is 3.07. The van der Waals surface area contributed by atoms with Crippen molar-refractivity contribution in [3.05, 3.63) is 46.4 Å². The van der Waals surface area contributed by atoms with Gasteiger partial charge in [0.1, 0.15) is 11.6 Å². The van der Waals surface area contributed by atoms with Crippen LogP contribution in [0, 0.1) is 12.7 Å². The van der Waals surface area contributed by atoms with Crippen LogP contribution in [0.5, 0.6) is 0 Å². The number of carbonyl (C=O) groups excluding carboxylic acids is 1. The molecule has 150 valence electrons. The summed E-state index contributed by atoms with van der Waals surface area (Å²) in [6, 6.07) is 5.27. The summed E-state index contributed by atoms with van der Waals surface area (Å²) in [4.78, 5) is 18.9. The van der Waals surface area contributed by atoms with E-state index in [2.05, 4.69) is 10.3 Å². The molecule has 2 aromatic rings. The fourth-order valence-corrected chi connectivity index (χ4v) is 3.22. The van der Waals surface area contributed by atoms with Crippen LogP contribution >= 0.6 is 11.6 Å². The average molecular weight is 413 g/mol. The minimum Gasteiger partial charge on any atom is -0.396 e. The normalized spacial score (nSPS) is 16.5. The van der Waals surface area contributed by atoms with Gasteiger partial charge < -0.3 is 16.0 Å². The summed E-state index contributed by atoms with van der Waals surface area (Å²) in [6.07, 6.45) is -0.232. The first-order valence-electron chi connectivity index (χ1n) is 8.82. The molecule has 0 aliphatic carbocycles. The minimum absolute atomic E-state index is 0.0743. The molecule has 9 heteroatoms. The Morgan fingerprint density at radius 3 is 2.75 bits per heavy atom. The van der Waals surface area contributed by atoms with Crippen molar-refractivity contribution in [2.75, 3.05) is 29.0 Å². The fraction of sp³-hybridized carbons (Fsp3) is 0.368. The molecule has 1 aromatic heterocycles. The number of rotatable bonds is 3. The number of anilines is 3. The number of benzene rings is 1. The number of aryl methyl sites for hydroxylation is 1. The second-order valence-electron chi connectivity index (χ2n) is 6.81. The third kappa shape index (κ3) is 4.49. The number of amides is 1. The number of carbonyl (C=O) groups is 1. The van der Waals surface area contributed by atoms with Crippen LogP contribution in [-0.2, 0) is 0 Å². The van der Waals surface area contributed by atoms with Crippen LogP contribution < -0.4 is 16.0 Å². The molecule has 1 aromatic carbocycles. The topological polar surface area (TPSA) is 71.2 Å². The molecule has 1 fully saturated rings. The molecule has 0 bridgehead atoms. The number of nitrogens with two attached hydrogens (primary N) is 1. The van der Waals surface area contributed by atoms with Crippen molar-refractivity contribution in [2.45, 2.75) is 32.1 Å². The Kier molecular flexibility index (Phi) is 5.69. The van der Waals surface area contributed by atoms with E-state index in [0.29, 0.717) is 23.7 Å². The van der Waals surface area contributed by atoms with Crippen molar-refractivity contribution in [3.63, 3.8) is 0 Å². The highest BCUT2D eigenvalue weighted by Gasteiger charge is 2.33. The highest BCUT2D eigenvalue weighted by molar-refractivity contribution is 6.31. The number of nitrogens with zero attached hydrogens (tertiary/aromatic N) is 2. The third-order valence-electron chi connectivity index (χ3n) is 4.65. The highest BCUT2D eigenvalue weighted by atomic mass is 35.5. The molecule has 28 heavy (non-hydrogen) atoms. The van der Waals surface area contributed by atoms with E-state index >= 15 is 0 Å². The highest BCUT2D eigenvalue weighted by Crippen LogP contribution is 2.32. The molecule has 1 aliphatic rings. The zero-order valence-electron chi connectivity index (χ0n) is 15.2. The molecular formula is C19H20ClF3N4O. The van der Waals surface area contributed by atoms with E-state index in [1.54, 1.807) is 11.8 Å². The van der Waals surface area contributed by atoms with E-state index in [4.69, 9.17) is 17.3 Å². The standard InChI is InChI=1S/C19H20ClF3N4O/c1-11-14(20)10-13(18(28)26-12-3-4-15(21)16(24)9-12)17(25-11)27-7-2-5-19(22,23)6-8-27/h3-4,9-10H,2,5-8,24H2,1H3,(H,26,28). The van der Waals surface area contributed by atoms with Gasteiger partial charge in [-0.1, -0.05) is 11.6 Å². The first-order valence-corrected chi connectivity index (χ1v) is 9.20. The van der Waals surface area contributed by atoms with Gasteiger partial charge >= 0.3 is 0 Å². The molecule has 1 amide bonds. The lowest BCUT2D eigenvalue weighted by atomic mass is 10.1. The van der Waals surface area contributed by atoms with Crippen molar-refractivity contribution < 1.29 is 18.0 Å². The van der Waals surface area contributed by atoms with Gasteiger partial charge in [0.2, 0.25) is 5.92 Å². The van der Waals surface area contributed by atoms with Gasteiger partial charge in [0.05, 0.1) is 22.0 Å². The Hall–Kier alpha value is -2.48. The molecular weight excluding hydrogens is 393 g/mol. The third-order valence-corrected chi connectivity index (χ3v) is 5.03. The number of halogens is 4. The molecule has 0 radical (unpaired) electrons. The summed E-state index contributed by atoms with van der Waals surface area (Å²) < 4.78 is 40.8. The van der Waals surface area contributed by atoms with Crippen molar-refractivity contribution in [1.29, 1.82) is 0 Å². The van der Waals surface area contributed by atoms with Gasteiger partial charge in [0.25, 0.3) is 5.91 Å². The minimum atomic E-state index is -2.73. The number of nitrogen functional groups attached to an aromatic ring is 1. The summed E-state index contributed by atoms with van der Waals surface area (Å²) >= 11 is 6.14. The lowest BCUT2D eigenvalue weighted by molar-refractivity contribution is -0.0102. The average Bonchev–Trinajstić information content (AvgIpc) is 2.80. The van der Waals surface area contributed by atoms with Gasteiger partial charge in [0, 0.05) is 31.6 Å². The van der Waals surface area contributed by atoms with E-state index in [-0.39, 0.29) is 42.1 Å². The maximum Gasteiger partial charge on any atom is 0.259 e. The Labute approximate surface area is 165 Å². The molecule has 0 unspecified atom stereocenters. The van der Waals surface area contributed by atoms with Gasteiger partial charge in [-0.05, 0) is 37.6 Å². The zero-order chi connectivity index (χ0) is 20.5. The van der Waals surface area contributed by atoms with Gasteiger partial charge in [-0.25, -0.2) is 18.2 Å². The Balaban J connectivity index is 1.92. The van der Waals surface area contributed by atoms with Crippen LogP contribution in [-0.4, -0.2) is 29.9 Å². The number of nitrogens with one attached hydrogen (secondary N) is 1. The Bertz CT molecular complexity index is 907. The van der Waals surface area contributed by atoms with E-state index in [9.17, 15) is 18.0 Å². The largest absolute Gasteiger partial charge is 0.396 e. The molecule has 0 saturated carbocycles. The number of hydrogen-bond acceptors (Lipinski definition) is 4. The predicted molar refractivity (Wildman–Crippen MR) is 104 cm³/mol. The summed E-state index contributed by atoms with van der Waals surface area (Å²) in [7, 11) is 0. The lowest BCUT2D eigenvalue weighted by Crippen LogP contribution is -2.29. The van der Waals surface area contributed by atoms with Crippen LogP contribution in [0.15, 0.2) is 24.3 Å². The molecule has 3 rings (SSSR count). The molecule has 1 saturated heterocycles. The van der Waals surface area contributed by atoms with E-state index in [0.717, 1.165) is 6.07 Å². The second kappa shape index (κ2) is 7.87. The van der Waals surface area contributed by atoms with Crippen LogP contribution in [0.25, 0.3) is 0 Å². The van der Waals surface area contributed by atoms with Crippen molar-refractivity contribution in [3.8, 4) is 0 Å². The molecule has 5 nitrogen and oxygen atoms in total. The van der Waals surface area contributed by atoms with Crippen LogP contribution in [0.1, 0.15) is 35.3 Å².